The molecule has 0 aromatic rings. The van der Waals surface area contributed by atoms with E-state index in [-0.39, 0.29) is 5.91 Å². The van der Waals surface area contributed by atoms with Crippen molar-refractivity contribution in [1.29, 1.82) is 0 Å². The number of amides is 1. The normalized spacial score (nSPS) is 13.8. The number of allylic oxidation sites excluding steroid dienone is 1. The minimum Gasteiger partial charge on any atom is -0.480 e. The number of aliphatic carboxylic acids is 1. The van der Waals surface area contributed by atoms with Crippen LogP contribution in [0.4, 0.5) is 0 Å². The molecule has 0 aliphatic rings. The van der Waals surface area contributed by atoms with Gasteiger partial charge in [-0.25, -0.2) is 4.79 Å². The molecule has 1 atom stereocenters. The van der Waals surface area contributed by atoms with Crippen LogP contribution in [-0.2, 0) is 9.59 Å². The third kappa shape index (κ3) is 4.47. The van der Waals surface area contributed by atoms with E-state index in [1.54, 1.807) is 26.0 Å². The average Bonchev–Trinajstić information content (AvgIpc) is 2.23. The largest absolute Gasteiger partial charge is 0.480 e. The zero-order valence-electron chi connectivity index (χ0n) is 10.4. The van der Waals surface area contributed by atoms with Gasteiger partial charge in [0.25, 0.3) is 0 Å². The highest BCUT2D eigenvalue weighted by atomic mass is 16.4. The summed E-state index contributed by atoms with van der Waals surface area (Å²) in [4.78, 5) is 22.7. The first kappa shape index (κ1) is 14.7. The SMILES string of the molecule is C/C=C/CC(NC(=O)C(C)(C)CC)C(=O)O. The molecule has 0 aromatic heterocycles. The molecule has 0 bridgehead atoms. The molecular weight excluding hydrogens is 206 g/mol. The molecule has 4 nitrogen and oxygen atoms in total. The van der Waals surface area contributed by atoms with Crippen molar-refractivity contribution in [1.82, 2.24) is 5.32 Å². The molecule has 0 spiro atoms. The molecular formula is C12H21NO3. The summed E-state index contributed by atoms with van der Waals surface area (Å²) in [6.45, 7) is 7.33. The van der Waals surface area contributed by atoms with Crippen LogP contribution in [0.2, 0.25) is 0 Å². The predicted molar refractivity (Wildman–Crippen MR) is 63.1 cm³/mol. The monoisotopic (exact) mass is 227 g/mol. The van der Waals surface area contributed by atoms with Gasteiger partial charge in [0, 0.05) is 5.41 Å². The van der Waals surface area contributed by atoms with E-state index in [4.69, 9.17) is 5.11 Å². The maximum atomic E-state index is 11.8. The average molecular weight is 227 g/mol. The summed E-state index contributed by atoms with van der Waals surface area (Å²) < 4.78 is 0. The van der Waals surface area contributed by atoms with Gasteiger partial charge in [0.2, 0.25) is 5.91 Å². The quantitative estimate of drug-likeness (QED) is 0.682. The van der Waals surface area contributed by atoms with Crippen molar-refractivity contribution in [2.75, 3.05) is 0 Å². The van der Waals surface area contributed by atoms with Crippen molar-refractivity contribution in [3.63, 3.8) is 0 Å². The third-order valence-electron chi connectivity index (χ3n) is 2.71. The number of carboxylic acid groups (broad SMARTS) is 1. The molecule has 4 heteroatoms. The van der Waals surface area contributed by atoms with E-state index in [1.807, 2.05) is 13.8 Å². The Morgan fingerprint density at radius 3 is 2.38 bits per heavy atom. The van der Waals surface area contributed by atoms with Crippen molar-refractivity contribution in [2.24, 2.45) is 5.41 Å². The van der Waals surface area contributed by atoms with Crippen LogP contribution in [0.3, 0.4) is 0 Å². The summed E-state index contributed by atoms with van der Waals surface area (Å²) in [6, 6.07) is -0.838. The minimum atomic E-state index is -1.00. The Labute approximate surface area is 96.7 Å². The number of nitrogens with one attached hydrogen (secondary N) is 1. The molecule has 0 heterocycles. The lowest BCUT2D eigenvalue weighted by atomic mass is 9.89. The van der Waals surface area contributed by atoms with Crippen molar-refractivity contribution >= 4 is 11.9 Å². The summed E-state index contributed by atoms with van der Waals surface area (Å²) in [6.07, 6.45) is 4.50. The standard InChI is InChI=1S/C12H21NO3/c1-5-7-8-9(10(14)15)13-11(16)12(3,4)6-2/h5,7,9H,6,8H2,1-4H3,(H,13,16)(H,14,15)/b7-5+. The van der Waals surface area contributed by atoms with Gasteiger partial charge in [-0.05, 0) is 19.8 Å². The van der Waals surface area contributed by atoms with Crippen LogP contribution >= 0.6 is 0 Å². The van der Waals surface area contributed by atoms with Gasteiger partial charge in [-0.15, -0.1) is 0 Å². The number of carbonyl (C=O) groups is 2. The predicted octanol–water partition coefficient (Wildman–Crippen LogP) is 1.96. The van der Waals surface area contributed by atoms with E-state index in [0.29, 0.717) is 12.8 Å². The van der Waals surface area contributed by atoms with Gasteiger partial charge < -0.3 is 10.4 Å². The molecule has 0 radical (unpaired) electrons. The highest BCUT2D eigenvalue weighted by Gasteiger charge is 2.29. The van der Waals surface area contributed by atoms with Crippen molar-refractivity contribution in [3.8, 4) is 0 Å². The first-order valence-corrected chi connectivity index (χ1v) is 5.50. The molecule has 16 heavy (non-hydrogen) atoms. The lowest BCUT2D eigenvalue weighted by molar-refractivity contribution is -0.143. The Morgan fingerprint density at radius 2 is 2.00 bits per heavy atom. The van der Waals surface area contributed by atoms with Crippen LogP contribution < -0.4 is 5.32 Å². The van der Waals surface area contributed by atoms with Gasteiger partial charge in [0.1, 0.15) is 6.04 Å². The molecule has 0 aromatic carbocycles. The van der Waals surface area contributed by atoms with E-state index in [9.17, 15) is 9.59 Å². The van der Waals surface area contributed by atoms with Crippen molar-refractivity contribution in [3.05, 3.63) is 12.2 Å². The summed E-state index contributed by atoms with van der Waals surface area (Å²) in [5.74, 6) is -1.22. The molecule has 1 amide bonds. The zero-order valence-corrected chi connectivity index (χ0v) is 10.4. The molecule has 92 valence electrons. The van der Waals surface area contributed by atoms with Crippen molar-refractivity contribution in [2.45, 2.75) is 46.6 Å². The number of hydrogen-bond donors (Lipinski definition) is 2. The second-order valence-corrected chi connectivity index (χ2v) is 4.41. The lowest BCUT2D eigenvalue weighted by Crippen LogP contribution is -2.46. The van der Waals surface area contributed by atoms with Crippen LogP contribution in [-0.4, -0.2) is 23.0 Å². The second kappa shape index (κ2) is 6.30. The topological polar surface area (TPSA) is 66.4 Å². The van der Waals surface area contributed by atoms with E-state index in [0.717, 1.165) is 0 Å². The summed E-state index contributed by atoms with van der Waals surface area (Å²) in [5.41, 5.74) is -0.524. The van der Waals surface area contributed by atoms with E-state index in [1.165, 1.54) is 0 Å². The molecule has 1 unspecified atom stereocenters. The highest BCUT2D eigenvalue weighted by Crippen LogP contribution is 2.19. The maximum Gasteiger partial charge on any atom is 0.326 e. The molecule has 0 rings (SSSR count). The van der Waals surface area contributed by atoms with E-state index in [2.05, 4.69) is 5.32 Å². The Kier molecular flexibility index (Phi) is 5.78. The van der Waals surface area contributed by atoms with E-state index < -0.39 is 17.4 Å². The van der Waals surface area contributed by atoms with Gasteiger partial charge in [-0.1, -0.05) is 32.9 Å². The van der Waals surface area contributed by atoms with Crippen LogP contribution in [0.5, 0.6) is 0 Å². The first-order chi connectivity index (χ1) is 7.35. The molecule has 0 aliphatic carbocycles. The Hall–Kier alpha value is -1.32. The third-order valence-corrected chi connectivity index (χ3v) is 2.71. The van der Waals surface area contributed by atoms with Gasteiger partial charge in [-0.3, -0.25) is 4.79 Å². The van der Waals surface area contributed by atoms with Gasteiger partial charge in [0.05, 0.1) is 0 Å². The maximum absolute atomic E-state index is 11.8. The Balaban J connectivity index is 4.52. The second-order valence-electron chi connectivity index (χ2n) is 4.41. The molecule has 2 N–H and O–H groups in total. The zero-order chi connectivity index (χ0) is 12.8. The fraction of sp³-hybridized carbons (Fsp3) is 0.667. The molecule has 0 saturated heterocycles. The summed E-state index contributed by atoms with van der Waals surface area (Å²) >= 11 is 0. The molecule has 0 fully saturated rings. The Bertz CT molecular complexity index is 282. The minimum absolute atomic E-state index is 0.216. The smallest absolute Gasteiger partial charge is 0.326 e. The summed E-state index contributed by atoms with van der Waals surface area (Å²) in [5, 5.41) is 11.5. The Morgan fingerprint density at radius 1 is 1.44 bits per heavy atom. The van der Waals surface area contributed by atoms with Gasteiger partial charge >= 0.3 is 5.97 Å². The molecule has 0 aliphatic heterocycles. The van der Waals surface area contributed by atoms with Crippen LogP contribution in [0, 0.1) is 5.41 Å². The van der Waals surface area contributed by atoms with Gasteiger partial charge in [0.15, 0.2) is 0 Å². The van der Waals surface area contributed by atoms with Crippen LogP contribution in [0.1, 0.15) is 40.5 Å². The van der Waals surface area contributed by atoms with Crippen LogP contribution in [0.15, 0.2) is 12.2 Å². The lowest BCUT2D eigenvalue weighted by Gasteiger charge is -2.24. The highest BCUT2D eigenvalue weighted by molar-refractivity contribution is 5.86. The number of carbonyl (C=O) groups excluding carboxylic acids is 1. The summed E-state index contributed by atoms with van der Waals surface area (Å²) in [7, 11) is 0. The number of rotatable bonds is 6. The fourth-order valence-corrected chi connectivity index (χ4v) is 1.01. The molecule has 0 saturated carbocycles. The van der Waals surface area contributed by atoms with Crippen molar-refractivity contribution < 1.29 is 14.7 Å². The van der Waals surface area contributed by atoms with Crippen LogP contribution in [0.25, 0.3) is 0 Å². The first-order valence-electron chi connectivity index (χ1n) is 5.50. The van der Waals surface area contributed by atoms with E-state index >= 15 is 0 Å². The number of hydrogen-bond acceptors (Lipinski definition) is 2. The fourth-order valence-electron chi connectivity index (χ4n) is 1.01. The number of carboxylic acids is 1. The van der Waals surface area contributed by atoms with Gasteiger partial charge in [-0.2, -0.15) is 0 Å².